The fourth-order valence-corrected chi connectivity index (χ4v) is 3.41. The van der Waals surface area contributed by atoms with Gasteiger partial charge in [0.1, 0.15) is 5.78 Å². The van der Waals surface area contributed by atoms with Crippen molar-refractivity contribution < 1.29 is 9.53 Å². The lowest BCUT2D eigenvalue weighted by Gasteiger charge is -2.49. The summed E-state index contributed by atoms with van der Waals surface area (Å²) in [5, 5.41) is 0. The molecule has 1 aliphatic carbocycles. The molecule has 0 bridgehead atoms. The number of carbonyl (C=O) groups is 1. The first-order chi connectivity index (χ1) is 8.71. The average Bonchev–Trinajstić information content (AvgIpc) is 2.30. The predicted octanol–water partition coefficient (Wildman–Crippen LogP) is 3.02. The van der Waals surface area contributed by atoms with E-state index in [2.05, 4.69) is 31.2 Å². The third-order valence-electron chi connectivity index (χ3n) is 4.64. The molecular formula is C16H20O2. The molecule has 1 aliphatic heterocycles. The summed E-state index contributed by atoms with van der Waals surface area (Å²) in [6.45, 7) is 3.80. The van der Waals surface area contributed by atoms with Gasteiger partial charge in [0.2, 0.25) is 0 Å². The summed E-state index contributed by atoms with van der Waals surface area (Å²) >= 11 is 0. The molecule has 0 radical (unpaired) electrons. The third kappa shape index (κ3) is 1.89. The number of rotatable bonds is 2. The summed E-state index contributed by atoms with van der Waals surface area (Å²) < 4.78 is 5.53. The summed E-state index contributed by atoms with van der Waals surface area (Å²) in [4.78, 5) is 11.4. The van der Waals surface area contributed by atoms with Crippen LogP contribution in [0.25, 0.3) is 0 Å². The van der Waals surface area contributed by atoms with Gasteiger partial charge in [-0.1, -0.05) is 29.8 Å². The number of hydrogen-bond acceptors (Lipinski definition) is 2. The van der Waals surface area contributed by atoms with E-state index >= 15 is 0 Å². The van der Waals surface area contributed by atoms with Crippen LogP contribution in [-0.4, -0.2) is 19.0 Å². The highest BCUT2D eigenvalue weighted by Crippen LogP contribution is 2.45. The molecule has 2 aliphatic rings. The Morgan fingerprint density at radius 3 is 2.50 bits per heavy atom. The van der Waals surface area contributed by atoms with Gasteiger partial charge >= 0.3 is 0 Å². The van der Waals surface area contributed by atoms with Crippen LogP contribution in [0.1, 0.15) is 36.8 Å². The van der Waals surface area contributed by atoms with Crippen LogP contribution in [-0.2, 0) is 14.9 Å². The van der Waals surface area contributed by atoms with E-state index in [9.17, 15) is 4.79 Å². The summed E-state index contributed by atoms with van der Waals surface area (Å²) in [7, 11) is 0. The van der Waals surface area contributed by atoms with Gasteiger partial charge in [-0.3, -0.25) is 4.79 Å². The van der Waals surface area contributed by atoms with Gasteiger partial charge in [-0.15, -0.1) is 0 Å². The number of hydrogen-bond donors (Lipinski definition) is 0. The number of carbonyl (C=O) groups excluding carboxylic acids is 1. The van der Waals surface area contributed by atoms with Crippen LogP contribution in [0.4, 0.5) is 0 Å². The van der Waals surface area contributed by atoms with Gasteiger partial charge in [-0.2, -0.15) is 0 Å². The lowest BCUT2D eigenvalue weighted by molar-refractivity contribution is -0.127. The SMILES string of the molecule is Cc1cccc(C2(C3CCC(=O)CC3)COC2)c1. The van der Waals surface area contributed by atoms with Crippen LogP contribution in [0, 0.1) is 12.8 Å². The minimum absolute atomic E-state index is 0.187. The maximum Gasteiger partial charge on any atom is 0.132 e. The van der Waals surface area contributed by atoms with Crippen LogP contribution in [0.5, 0.6) is 0 Å². The van der Waals surface area contributed by atoms with Crippen molar-refractivity contribution in [2.75, 3.05) is 13.2 Å². The standard InChI is InChI=1S/C16H20O2/c1-12-3-2-4-14(9-12)16(10-18-11-16)13-5-7-15(17)8-6-13/h2-4,9,13H,5-8,10-11H2,1H3. The largest absolute Gasteiger partial charge is 0.379 e. The summed E-state index contributed by atoms with van der Waals surface area (Å²) in [5.41, 5.74) is 2.91. The molecule has 2 fully saturated rings. The highest BCUT2D eigenvalue weighted by Gasteiger charge is 2.47. The Hall–Kier alpha value is -1.15. The Kier molecular flexibility index (Phi) is 2.98. The van der Waals surface area contributed by atoms with Crippen LogP contribution in [0.15, 0.2) is 24.3 Å². The third-order valence-corrected chi connectivity index (χ3v) is 4.64. The first-order valence-electron chi connectivity index (χ1n) is 6.87. The molecule has 3 rings (SSSR count). The number of aryl methyl sites for hydroxylation is 1. The summed E-state index contributed by atoms with van der Waals surface area (Å²) in [6, 6.07) is 8.80. The number of Topliss-reactive ketones (excluding diaryl/α,β-unsaturated/α-hetero) is 1. The van der Waals surface area contributed by atoms with E-state index in [-0.39, 0.29) is 5.41 Å². The van der Waals surface area contributed by atoms with Crippen LogP contribution >= 0.6 is 0 Å². The van der Waals surface area contributed by atoms with Gasteiger partial charge in [0.05, 0.1) is 13.2 Å². The Bertz CT molecular complexity index is 450. The van der Waals surface area contributed by atoms with Crippen molar-refractivity contribution in [3.8, 4) is 0 Å². The van der Waals surface area contributed by atoms with Crippen molar-refractivity contribution in [2.24, 2.45) is 5.92 Å². The highest BCUT2D eigenvalue weighted by atomic mass is 16.5. The van der Waals surface area contributed by atoms with Crippen molar-refractivity contribution >= 4 is 5.78 Å². The average molecular weight is 244 g/mol. The normalized spacial score (nSPS) is 23.7. The number of ether oxygens (including phenoxy) is 1. The second-order valence-electron chi connectivity index (χ2n) is 5.83. The monoisotopic (exact) mass is 244 g/mol. The molecular weight excluding hydrogens is 224 g/mol. The first-order valence-corrected chi connectivity index (χ1v) is 6.87. The van der Waals surface area contributed by atoms with Crippen molar-refractivity contribution in [2.45, 2.75) is 38.0 Å². The molecule has 1 aromatic carbocycles. The van der Waals surface area contributed by atoms with Crippen molar-refractivity contribution in [1.29, 1.82) is 0 Å². The van der Waals surface area contributed by atoms with Gasteiger partial charge in [-0.25, -0.2) is 0 Å². The van der Waals surface area contributed by atoms with Gasteiger partial charge in [0.25, 0.3) is 0 Å². The van der Waals surface area contributed by atoms with E-state index in [1.54, 1.807) is 0 Å². The molecule has 2 heteroatoms. The second kappa shape index (κ2) is 4.51. The van der Waals surface area contributed by atoms with Gasteiger partial charge < -0.3 is 4.74 Å². The van der Waals surface area contributed by atoms with Crippen LogP contribution < -0.4 is 0 Å². The molecule has 0 spiro atoms. The second-order valence-corrected chi connectivity index (χ2v) is 5.83. The van der Waals surface area contributed by atoms with E-state index in [1.165, 1.54) is 11.1 Å². The van der Waals surface area contributed by atoms with E-state index in [4.69, 9.17) is 4.74 Å². The van der Waals surface area contributed by atoms with Crippen molar-refractivity contribution in [1.82, 2.24) is 0 Å². The predicted molar refractivity (Wildman–Crippen MR) is 70.6 cm³/mol. The smallest absolute Gasteiger partial charge is 0.132 e. The molecule has 96 valence electrons. The summed E-state index contributed by atoms with van der Waals surface area (Å²) in [6.07, 6.45) is 3.60. The lowest BCUT2D eigenvalue weighted by Crippen LogP contribution is -2.53. The maximum absolute atomic E-state index is 11.4. The Morgan fingerprint density at radius 2 is 1.94 bits per heavy atom. The highest BCUT2D eigenvalue weighted by molar-refractivity contribution is 5.79. The van der Waals surface area contributed by atoms with E-state index in [0.29, 0.717) is 11.7 Å². The molecule has 0 amide bonds. The maximum atomic E-state index is 11.4. The van der Waals surface area contributed by atoms with Gasteiger partial charge in [0, 0.05) is 18.3 Å². The van der Waals surface area contributed by atoms with Crippen LogP contribution in [0.2, 0.25) is 0 Å². The van der Waals surface area contributed by atoms with Gasteiger partial charge in [-0.05, 0) is 31.2 Å². The zero-order chi connectivity index (χ0) is 12.6. The minimum atomic E-state index is 0.187. The molecule has 0 aromatic heterocycles. The zero-order valence-corrected chi connectivity index (χ0v) is 10.9. The fraction of sp³-hybridized carbons (Fsp3) is 0.562. The molecule has 0 atom stereocenters. The fourth-order valence-electron chi connectivity index (χ4n) is 3.41. The van der Waals surface area contributed by atoms with Crippen LogP contribution in [0.3, 0.4) is 0 Å². The van der Waals surface area contributed by atoms with Gasteiger partial charge in [0.15, 0.2) is 0 Å². The Balaban J connectivity index is 1.88. The molecule has 1 heterocycles. The molecule has 2 nitrogen and oxygen atoms in total. The molecule has 0 N–H and O–H groups in total. The Morgan fingerprint density at radius 1 is 1.22 bits per heavy atom. The molecule has 1 aromatic rings. The van der Waals surface area contributed by atoms with E-state index in [0.717, 1.165) is 38.9 Å². The molecule has 1 saturated carbocycles. The van der Waals surface area contributed by atoms with Crippen molar-refractivity contribution in [3.05, 3.63) is 35.4 Å². The lowest BCUT2D eigenvalue weighted by atomic mass is 9.63. The first kappa shape index (κ1) is 11.9. The zero-order valence-electron chi connectivity index (χ0n) is 10.9. The molecule has 0 unspecified atom stereocenters. The number of benzene rings is 1. The quantitative estimate of drug-likeness (QED) is 0.799. The van der Waals surface area contributed by atoms with E-state index < -0.39 is 0 Å². The molecule has 1 saturated heterocycles. The van der Waals surface area contributed by atoms with Crippen molar-refractivity contribution in [3.63, 3.8) is 0 Å². The molecule has 18 heavy (non-hydrogen) atoms. The number of ketones is 1. The van der Waals surface area contributed by atoms with E-state index in [1.807, 2.05) is 0 Å². The topological polar surface area (TPSA) is 26.3 Å². The minimum Gasteiger partial charge on any atom is -0.379 e. The Labute approximate surface area is 108 Å². The summed E-state index contributed by atoms with van der Waals surface area (Å²) in [5.74, 6) is 1.05.